The van der Waals surface area contributed by atoms with Crippen LogP contribution >= 0.6 is 0 Å². The summed E-state index contributed by atoms with van der Waals surface area (Å²) in [6.07, 6.45) is 23.0. The van der Waals surface area contributed by atoms with Crippen molar-refractivity contribution in [2.75, 3.05) is 32.8 Å². The third kappa shape index (κ3) is 23.9. The standard InChI is InChI=1S/C27H55NO3/c1-3-5-7-9-11-13-17-21-27(30)31-26-20-16-12-15-19-23-28(24-25-29)22-18-14-10-8-6-4-2/h29H,3-26H2,1-2H3. The van der Waals surface area contributed by atoms with Crippen molar-refractivity contribution in [3.8, 4) is 0 Å². The first kappa shape index (κ1) is 30.4. The van der Waals surface area contributed by atoms with Crippen molar-refractivity contribution in [3.63, 3.8) is 0 Å². The Morgan fingerprint density at radius 3 is 1.58 bits per heavy atom. The lowest BCUT2D eigenvalue weighted by Gasteiger charge is -2.21. The number of aliphatic hydroxyl groups is 1. The molecule has 0 fully saturated rings. The molecule has 0 heterocycles. The third-order valence-corrected chi connectivity index (χ3v) is 6.11. The summed E-state index contributed by atoms with van der Waals surface area (Å²) in [5.41, 5.74) is 0. The number of rotatable bonds is 25. The second-order valence-electron chi connectivity index (χ2n) is 9.19. The largest absolute Gasteiger partial charge is 0.466 e. The van der Waals surface area contributed by atoms with Crippen molar-refractivity contribution in [1.82, 2.24) is 4.90 Å². The van der Waals surface area contributed by atoms with E-state index in [-0.39, 0.29) is 12.6 Å². The van der Waals surface area contributed by atoms with Gasteiger partial charge in [0.2, 0.25) is 0 Å². The predicted octanol–water partition coefficient (Wildman–Crippen LogP) is 7.28. The molecule has 0 aromatic carbocycles. The summed E-state index contributed by atoms with van der Waals surface area (Å²) in [4.78, 5) is 14.2. The first-order chi connectivity index (χ1) is 15.2. The minimum atomic E-state index is -0.0112. The Hall–Kier alpha value is -0.610. The highest BCUT2D eigenvalue weighted by atomic mass is 16.5. The lowest BCUT2D eigenvalue weighted by molar-refractivity contribution is -0.143. The highest BCUT2D eigenvalue weighted by Gasteiger charge is 2.05. The van der Waals surface area contributed by atoms with Gasteiger partial charge in [-0.2, -0.15) is 0 Å². The smallest absolute Gasteiger partial charge is 0.305 e. The zero-order valence-corrected chi connectivity index (χ0v) is 21.2. The Labute approximate surface area is 194 Å². The maximum atomic E-state index is 11.8. The van der Waals surface area contributed by atoms with E-state index in [4.69, 9.17) is 4.74 Å². The van der Waals surface area contributed by atoms with Crippen molar-refractivity contribution in [2.24, 2.45) is 0 Å². The predicted molar refractivity (Wildman–Crippen MR) is 134 cm³/mol. The van der Waals surface area contributed by atoms with E-state index in [9.17, 15) is 9.90 Å². The zero-order chi connectivity index (χ0) is 22.8. The van der Waals surface area contributed by atoms with Crippen LogP contribution in [0.15, 0.2) is 0 Å². The van der Waals surface area contributed by atoms with Gasteiger partial charge < -0.3 is 14.7 Å². The molecule has 0 unspecified atom stereocenters. The van der Waals surface area contributed by atoms with Crippen LogP contribution in [0.1, 0.15) is 136 Å². The average Bonchev–Trinajstić information content (AvgIpc) is 2.77. The van der Waals surface area contributed by atoms with Crippen LogP contribution in [0.2, 0.25) is 0 Å². The molecule has 0 saturated carbocycles. The van der Waals surface area contributed by atoms with E-state index in [0.717, 1.165) is 45.3 Å². The molecule has 0 atom stereocenters. The molecule has 186 valence electrons. The first-order valence-corrected chi connectivity index (χ1v) is 13.7. The van der Waals surface area contributed by atoms with Crippen molar-refractivity contribution < 1.29 is 14.6 Å². The number of esters is 1. The normalized spacial score (nSPS) is 11.4. The van der Waals surface area contributed by atoms with Gasteiger partial charge in [0.15, 0.2) is 0 Å². The number of unbranched alkanes of at least 4 members (excludes halogenated alkanes) is 15. The van der Waals surface area contributed by atoms with Gasteiger partial charge >= 0.3 is 5.97 Å². The van der Waals surface area contributed by atoms with Gasteiger partial charge in [0.05, 0.1) is 13.2 Å². The number of ether oxygens (including phenoxy) is 1. The van der Waals surface area contributed by atoms with Crippen LogP contribution < -0.4 is 0 Å². The third-order valence-electron chi connectivity index (χ3n) is 6.11. The topological polar surface area (TPSA) is 49.8 Å². The lowest BCUT2D eigenvalue weighted by atomic mass is 10.1. The maximum Gasteiger partial charge on any atom is 0.305 e. The number of nitrogens with zero attached hydrogens (tertiary/aromatic N) is 1. The molecular weight excluding hydrogens is 386 g/mol. The fraction of sp³-hybridized carbons (Fsp3) is 0.963. The van der Waals surface area contributed by atoms with Crippen LogP contribution in [0.25, 0.3) is 0 Å². The summed E-state index contributed by atoms with van der Waals surface area (Å²) in [5.74, 6) is -0.0112. The molecule has 0 aliphatic carbocycles. The Balaban J connectivity index is 3.45. The first-order valence-electron chi connectivity index (χ1n) is 13.7. The van der Waals surface area contributed by atoms with Crippen molar-refractivity contribution in [3.05, 3.63) is 0 Å². The SMILES string of the molecule is CCCCCCCCCC(=O)OCCCCCCCN(CCO)CCCCCCCC. The van der Waals surface area contributed by atoms with E-state index in [0.29, 0.717) is 13.0 Å². The molecular formula is C27H55NO3. The Morgan fingerprint density at radius 2 is 1.06 bits per heavy atom. The molecule has 0 radical (unpaired) electrons. The van der Waals surface area contributed by atoms with E-state index < -0.39 is 0 Å². The van der Waals surface area contributed by atoms with Crippen molar-refractivity contribution >= 4 is 5.97 Å². The Kier molecular flexibility index (Phi) is 25.1. The van der Waals surface area contributed by atoms with E-state index in [1.54, 1.807) is 0 Å². The van der Waals surface area contributed by atoms with Crippen LogP contribution in [-0.2, 0) is 9.53 Å². The number of hydrogen-bond donors (Lipinski definition) is 1. The monoisotopic (exact) mass is 441 g/mol. The Bertz CT molecular complexity index is 362. The van der Waals surface area contributed by atoms with Crippen LogP contribution in [-0.4, -0.2) is 48.8 Å². The molecule has 0 rings (SSSR count). The molecule has 0 spiro atoms. The quantitative estimate of drug-likeness (QED) is 0.119. The summed E-state index contributed by atoms with van der Waals surface area (Å²) >= 11 is 0. The zero-order valence-electron chi connectivity index (χ0n) is 21.2. The van der Waals surface area contributed by atoms with E-state index in [1.165, 1.54) is 89.9 Å². The fourth-order valence-corrected chi connectivity index (χ4v) is 4.04. The lowest BCUT2D eigenvalue weighted by Crippen LogP contribution is -2.29. The van der Waals surface area contributed by atoms with Gasteiger partial charge in [0.25, 0.3) is 0 Å². The van der Waals surface area contributed by atoms with Gasteiger partial charge in [0, 0.05) is 13.0 Å². The summed E-state index contributed by atoms with van der Waals surface area (Å²) in [6.45, 7) is 8.38. The van der Waals surface area contributed by atoms with Gasteiger partial charge in [0.1, 0.15) is 0 Å². The van der Waals surface area contributed by atoms with Crippen molar-refractivity contribution in [2.45, 2.75) is 136 Å². The second kappa shape index (κ2) is 25.6. The summed E-state index contributed by atoms with van der Waals surface area (Å²) in [7, 11) is 0. The molecule has 4 nitrogen and oxygen atoms in total. The van der Waals surface area contributed by atoms with Crippen LogP contribution in [0.3, 0.4) is 0 Å². The van der Waals surface area contributed by atoms with Gasteiger partial charge in [-0.25, -0.2) is 0 Å². The fourth-order valence-electron chi connectivity index (χ4n) is 4.04. The van der Waals surface area contributed by atoms with E-state index in [2.05, 4.69) is 18.7 Å². The molecule has 0 aromatic rings. The minimum Gasteiger partial charge on any atom is -0.466 e. The molecule has 0 bridgehead atoms. The maximum absolute atomic E-state index is 11.8. The van der Waals surface area contributed by atoms with Gasteiger partial charge in [-0.3, -0.25) is 4.79 Å². The minimum absolute atomic E-state index is 0.0112. The average molecular weight is 442 g/mol. The summed E-state index contributed by atoms with van der Waals surface area (Å²) in [5, 5.41) is 9.28. The molecule has 1 N–H and O–H groups in total. The summed E-state index contributed by atoms with van der Waals surface area (Å²) in [6, 6.07) is 0. The number of carbonyl (C=O) groups excluding carboxylic acids is 1. The molecule has 0 saturated heterocycles. The number of hydrogen-bond acceptors (Lipinski definition) is 4. The van der Waals surface area contributed by atoms with Crippen LogP contribution in [0.4, 0.5) is 0 Å². The van der Waals surface area contributed by atoms with Crippen molar-refractivity contribution in [1.29, 1.82) is 0 Å². The molecule has 31 heavy (non-hydrogen) atoms. The highest BCUT2D eigenvalue weighted by molar-refractivity contribution is 5.69. The second-order valence-corrected chi connectivity index (χ2v) is 9.19. The molecule has 0 amide bonds. The molecule has 0 aliphatic heterocycles. The number of aliphatic hydroxyl groups excluding tert-OH is 1. The molecule has 4 heteroatoms. The van der Waals surface area contributed by atoms with Gasteiger partial charge in [-0.1, -0.05) is 104 Å². The van der Waals surface area contributed by atoms with Crippen LogP contribution in [0, 0.1) is 0 Å². The number of carbonyl (C=O) groups is 1. The van der Waals surface area contributed by atoms with E-state index in [1.807, 2.05) is 0 Å². The summed E-state index contributed by atoms with van der Waals surface area (Å²) < 4.78 is 5.37. The highest BCUT2D eigenvalue weighted by Crippen LogP contribution is 2.10. The van der Waals surface area contributed by atoms with Crippen LogP contribution in [0.5, 0.6) is 0 Å². The van der Waals surface area contributed by atoms with Gasteiger partial charge in [-0.05, 0) is 38.8 Å². The molecule has 0 aliphatic rings. The van der Waals surface area contributed by atoms with E-state index >= 15 is 0 Å². The van der Waals surface area contributed by atoms with Gasteiger partial charge in [-0.15, -0.1) is 0 Å². The molecule has 0 aromatic heterocycles. The Morgan fingerprint density at radius 1 is 0.613 bits per heavy atom.